The number of anilines is 2. The number of hydrogen-bond donors (Lipinski definition) is 1. The van der Waals surface area contributed by atoms with Gasteiger partial charge in [-0.15, -0.1) is 10.2 Å². The summed E-state index contributed by atoms with van der Waals surface area (Å²) in [4.78, 5) is 12.6. The van der Waals surface area contributed by atoms with Crippen molar-refractivity contribution in [3.8, 4) is 16.3 Å². The minimum atomic E-state index is -3.73. The molecule has 158 valence electrons. The van der Waals surface area contributed by atoms with Crippen molar-refractivity contribution >= 4 is 38.1 Å². The van der Waals surface area contributed by atoms with Crippen molar-refractivity contribution in [1.82, 2.24) is 10.2 Å². The minimum absolute atomic E-state index is 0.294. The Bertz CT molecular complexity index is 1130. The van der Waals surface area contributed by atoms with Gasteiger partial charge in [-0.3, -0.25) is 14.4 Å². The van der Waals surface area contributed by atoms with Gasteiger partial charge in [-0.2, -0.15) is 0 Å². The summed E-state index contributed by atoms with van der Waals surface area (Å²) in [6.45, 7) is 3.75. The van der Waals surface area contributed by atoms with Gasteiger partial charge in [-0.1, -0.05) is 53.3 Å². The van der Waals surface area contributed by atoms with E-state index < -0.39 is 22.5 Å². The highest BCUT2D eigenvalue weighted by atomic mass is 32.2. The van der Waals surface area contributed by atoms with Gasteiger partial charge in [-0.05, 0) is 26.0 Å². The molecule has 0 radical (unpaired) electrons. The number of benzene rings is 2. The van der Waals surface area contributed by atoms with Crippen LogP contribution < -0.4 is 14.4 Å². The number of carbonyl (C=O) groups excluding carboxylic acids is 1. The molecule has 0 saturated heterocycles. The minimum Gasteiger partial charge on any atom is -0.492 e. The topological polar surface area (TPSA) is 101 Å². The van der Waals surface area contributed by atoms with E-state index in [2.05, 4.69) is 15.5 Å². The fourth-order valence-corrected chi connectivity index (χ4v) is 4.32. The SMILES string of the molecule is CCOc1ccccc1N(CC(=O)Nc1nnc(-c2ccc(C)cc2)s1)S(C)(=O)=O. The second kappa shape index (κ2) is 9.23. The lowest BCUT2D eigenvalue weighted by Gasteiger charge is -2.23. The van der Waals surface area contributed by atoms with Gasteiger partial charge in [0.15, 0.2) is 0 Å². The summed E-state index contributed by atoms with van der Waals surface area (Å²) in [5.74, 6) is -0.144. The largest absolute Gasteiger partial charge is 0.492 e. The summed E-state index contributed by atoms with van der Waals surface area (Å²) in [5.41, 5.74) is 2.32. The molecule has 0 atom stereocenters. The van der Waals surface area contributed by atoms with Gasteiger partial charge in [0.2, 0.25) is 21.1 Å². The van der Waals surface area contributed by atoms with Crippen LogP contribution in [0.25, 0.3) is 10.6 Å². The normalized spacial score (nSPS) is 11.2. The van der Waals surface area contributed by atoms with Gasteiger partial charge in [0, 0.05) is 5.56 Å². The molecule has 0 bridgehead atoms. The Labute approximate surface area is 179 Å². The van der Waals surface area contributed by atoms with E-state index in [0.717, 1.165) is 21.7 Å². The Morgan fingerprint density at radius 3 is 2.50 bits per heavy atom. The Morgan fingerprint density at radius 1 is 1.13 bits per heavy atom. The first-order chi connectivity index (χ1) is 14.3. The smallest absolute Gasteiger partial charge is 0.246 e. The zero-order valence-corrected chi connectivity index (χ0v) is 18.5. The molecule has 1 amide bonds. The van der Waals surface area contributed by atoms with Crippen LogP contribution in [0.3, 0.4) is 0 Å². The second-order valence-electron chi connectivity index (χ2n) is 6.50. The molecule has 0 aliphatic rings. The van der Waals surface area contributed by atoms with Gasteiger partial charge >= 0.3 is 0 Å². The number of rotatable bonds is 8. The Morgan fingerprint density at radius 2 is 1.83 bits per heavy atom. The summed E-state index contributed by atoms with van der Waals surface area (Å²) in [6.07, 6.45) is 1.05. The molecular formula is C20H22N4O4S2. The van der Waals surface area contributed by atoms with Crippen LogP contribution >= 0.6 is 11.3 Å². The maximum atomic E-state index is 12.6. The maximum absolute atomic E-state index is 12.6. The second-order valence-corrected chi connectivity index (χ2v) is 9.38. The summed E-state index contributed by atoms with van der Waals surface area (Å²) in [5, 5.41) is 11.7. The molecule has 30 heavy (non-hydrogen) atoms. The van der Waals surface area contributed by atoms with Crippen LogP contribution in [-0.4, -0.2) is 43.9 Å². The number of hydrogen-bond acceptors (Lipinski definition) is 7. The van der Waals surface area contributed by atoms with E-state index in [0.29, 0.717) is 28.2 Å². The van der Waals surface area contributed by atoms with Crippen LogP contribution in [0.1, 0.15) is 12.5 Å². The predicted octanol–water partition coefficient (Wildman–Crippen LogP) is 3.32. The summed E-state index contributed by atoms with van der Waals surface area (Å²) in [6, 6.07) is 14.5. The molecule has 1 N–H and O–H groups in total. The zero-order valence-electron chi connectivity index (χ0n) is 16.8. The molecule has 1 heterocycles. The lowest BCUT2D eigenvalue weighted by molar-refractivity contribution is -0.114. The first-order valence-electron chi connectivity index (χ1n) is 9.18. The molecule has 0 saturated carbocycles. The van der Waals surface area contributed by atoms with Gasteiger partial charge in [0.05, 0.1) is 18.6 Å². The van der Waals surface area contributed by atoms with Gasteiger partial charge in [0.1, 0.15) is 17.3 Å². The summed E-state index contributed by atoms with van der Waals surface area (Å²) in [7, 11) is -3.73. The molecule has 0 spiro atoms. The van der Waals surface area contributed by atoms with E-state index in [1.165, 1.54) is 11.3 Å². The van der Waals surface area contributed by atoms with Crippen molar-refractivity contribution < 1.29 is 17.9 Å². The molecule has 0 aliphatic heterocycles. The van der Waals surface area contributed by atoms with Crippen molar-refractivity contribution in [2.45, 2.75) is 13.8 Å². The number of ether oxygens (including phenoxy) is 1. The van der Waals surface area contributed by atoms with Crippen molar-refractivity contribution in [3.05, 3.63) is 54.1 Å². The fraction of sp³-hybridized carbons (Fsp3) is 0.250. The number of sulfonamides is 1. The van der Waals surface area contributed by atoms with E-state index in [1.54, 1.807) is 31.2 Å². The Hall–Kier alpha value is -2.98. The van der Waals surface area contributed by atoms with Gasteiger partial charge in [0.25, 0.3) is 0 Å². The van der Waals surface area contributed by atoms with E-state index in [1.807, 2.05) is 31.2 Å². The molecule has 2 aromatic carbocycles. The molecule has 0 aliphatic carbocycles. The molecule has 0 unspecified atom stereocenters. The zero-order chi connectivity index (χ0) is 21.7. The highest BCUT2D eigenvalue weighted by molar-refractivity contribution is 7.92. The monoisotopic (exact) mass is 446 g/mol. The molecule has 3 rings (SSSR count). The first kappa shape index (κ1) is 21.7. The van der Waals surface area contributed by atoms with E-state index in [4.69, 9.17) is 4.74 Å². The quantitative estimate of drug-likeness (QED) is 0.570. The third-order valence-corrected chi connectivity index (χ3v) is 6.11. The molecule has 3 aromatic rings. The van der Waals surface area contributed by atoms with Crippen molar-refractivity contribution in [3.63, 3.8) is 0 Å². The Balaban J connectivity index is 1.77. The predicted molar refractivity (Wildman–Crippen MR) is 119 cm³/mol. The number of para-hydroxylation sites is 2. The van der Waals surface area contributed by atoms with Crippen molar-refractivity contribution in [2.75, 3.05) is 29.0 Å². The fourth-order valence-electron chi connectivity index (χ4n) is 2.70. The van der Waals surface area contributed by atoms with Crippen molar-refractivity contribution in [1.29, 1.82) is 0 Å². The number of nitrogens with one attached hydrogen (secondary N) is 1. The van der Waals surface area contributed by atoms with E-state index in [-0.39, 0.29) is 0 Å². The molecular weight excluding hydrogens is 424 g/mol. The third-order valence-electron chi connectivity index (χ3n) is 4.09. The molecule has 1 aromatic heterocycles. The Kier molecular flexibility index (Phi) is 6.68. The molecule has 10 heteroatoms. The number of nitrogens with zero attached hydrogens (tertiary/aromatic N) is 3. The molecule has 8 nitrogen and oxygen atoms in total. The van der Waals surface area contributed by atoms with Gasteiger partial charge in [-0.25, -0.2) is 8.42 Å². The lowest BCUT2D eigenvalue weighted by Crippen LogP contribution is -2.37. The lowest BCUT2D eigenvalue weighted by atomic mass is 10.2. The van der Waals surface area contributed by atoms with Crippen LogP contribution in [0.15, 0.2) is 48.5 Å². The third kappa shape index (κ3) is 5.33. The summed E-state index contributed by atoms with van der Waals surface area (Å²) < 4.78 is 31.2. The highest BCUT2D eigenvalue weighted by Gasteiger charge is 2.24. The first-order valence-corrected chi connectivity index (χ1v) is 11.8. The number of aromatic nitrogens is 2. The van der Waals surface area contributed by atoms with Gasteiger partial charge < -0.3 is 4.74 Å². The number of amides is 1. The average Bonchev–Trinajstić information content (AvgIpc) is 3.15. The molecule has 0 fully saturated rings. The average molecular weight is 447 g/mol. The standard InChI is InChI=1S/C20H22N4O4S2/c1-4-28-17-8-6-5-7-16(17)24(30(3,26)27)13-18(25)21-20-23-22-19(29-20)15-11-9-14(2)10-12-15/h5-12H,4,13H2,1-3H3,(H,21,23,25). The van der Waals surface area contributed by atoms with Crippen molar-refractivity contribution in [2.24, 2.45) is 0 Å². The maximum Gasteiger partial charge on any atom is 0.246 e. The van der Waals surface area contributed by atoms with Crippen LogP contribution in [0.4, 0.5) is 10.8 Å². The number of carbonyl (C=O) groups is 1. The summed E-state index contributed by atoms with van der Waals surface area (Å²) >= 11 is 1.22. The van der Waals surface area contributed by atoms with Crippen LogP contribution in [0.5, 0.6) is 5.75 Å². The number of aryl methyl sites for hydroxylation is 1. The van der Waals surface area contributed by atoms with Crippen LogP contribution in [-0.2, 0) is 14.8 Å². The van der Waals surface area contributed by atoms with E-state index in [9.17, 15) is 13.2 Å². The highest BCUT2D eigenvalue weighted by Crippen LogP contribution is 2.30. The van der Waals surface area contributed by atoms with E-state index >= 15 is 0 Å². The van der Waals surface area contributed by atoms with Crippen LogP contribution in [0, 0.1) is 6.92 Å². The van der Waals surface area contributed by atoms with Crippen LogP contribution in [0.2, 0.25) is 0 Å².